The van der Waals surface area contributed by atoms with Crippen molar-refractivity contribution in [3.05, 3.63) is 29.5 Å². The number of rotatable bonds is 3. The lowest BCUT2D eigenvalue weighted by Crippen LogP contribution is -1.80. The molecule has 1 nitrogen and oxygen atoms in total. The number of aliphatic hydroxyl groups is 1. The zero-order valence-electron chi connectivity index (χ0n) is 6.59. The van der Waals surface area contributed by atoms with Crippen LogP contribution in [0, 0.1) is 0 Å². The van der Waals surface area contributed by atoms with Gasteiger partial charge in [-0.1, -0.05) is 12.2 Å². The number of hydrogen-bond donors (Lipinski definition) is 1. The van der Waals surface area contributed by atoms with Crippen molar-refractivity contribution in [1.82, 2.24) is 0 Å². The predicted molar refractivity (Wildman–Crippen MR) is 43.8 cm³/mol. The van der Waals surface area contributed by atoms with Gasteiger partial charge in [0.25, 0.3) is 0 Å². The molecule has 0 aliphatic rings. The highest BCUT2D eigenvalue weighted by molar-refractivity contribution is 5.06. The summed E-state index contributed by atoms with van der Waals surface area (Å²) in [5, 5.41) is 8.50. The van der Waals surface area contributed by atoms with Crippen molar-refractivity contribution in [3.8, 4) is 0 Å². The Morgan fingerprint density at radius 1 is 1.60 bits per heavy atom. The average molecular weight is 138 g/mol. The highest BCUT2D eigenvalue weighted by Gasteiger charge is 1.81. The van der Waals surface area contributed by atoms with Gasteiger partial charge in [-0.3, -0.25) is 0 Å². The first-order chi connectivity index (χ1) is 4.81. The highest BCUT2D eigenvalue weighted by Crippen LogP contribution is 1.94. The Morgan fingerprint density at radius 2 is 2.30 bits per heavy atom. The van der Waals surface area contributed by atoms with Crippen LogP contribution in [0.15, 0.2) is 29.5 Å². The third kappa shape index (κ3) is 5.36. The second kappa shape index (κ2) is 6.34. The summed E-state index contributed by atoms with van der Waals surface area (Å²) in [7, 11) is 0. The molecular weight excluding hydrogens is 124 g/mol. The number of allylic oxidation sites excluding steroid dienone is 2. The standard InChI is InChI=1S/C9H14O/c1-3-4-5-6-9(2)7-8-10/h3-5,10H,7-8H2,1-2H3. The molecule has 0 spiro atoms. The fourth-order valence-corrected chi connectivity index (χ4v) is 0.526. The van der Waals surface area contributed by atoms with Crippen molar-refractivity contribution in [1.29, 1.82) is 0 Å². The van der Waals surface area contributed by atoms with Gasteiger partial charge in [0.05, 0.1) is 0 Å². The van der Waals surface area contributed by atoms with E-state index in [1.165, 1.54) is 0 Å². The maximum absolute atomic E-state index is 8.50. The van der Waals surface area contributed by atoms with Gasteiger partial charge in [-0.05, 0) is 31.9 Å². The molecule has 10 heavy (non-hydrogen) atoms. The van der Waals surface area contributed by atoms with Crippen molar-refractivity contribution in [2.24, 2.45) is 0 Å². The SMILES string of the molecule is CC=CC=C=C(C)CCO. The van der Waals surface area contributed by atoms with Crippen LogP contribution in [0.2, 0.25) is 0 Å². The van der Waals surface area contributed by atoms with E-state index in [4.69, 9.17) is 5.11 Å². The van der Waals surface area contributed by atoms with E-state index in [1.54, 1.807) is 0 Å². The Kier molecular flexibility index (Phi) is 5.85. The molecule has 0 aliphatic carbocycles. The molecular formula is C9H14O. The van der Waals surface area contributed by atoms with Crippen LogP contribution < -0.4 is 0 Å². The minimum absolute atomic E-state index is 0.211. The van der Waals surface area contributed by atoms with Crippen LogP contribution in [0.5, 0.6) is 0 Å². The summed E-state index contributed by atoms with van der Waals surface area (Å²) in [6.45, 7) is 4.12. The average Bonchev–Trinajstić information content (AvgIpc) is 1.89. The smallest absolute Gasteiger partial charge is 0.0474 e. The molecule has 0 atom stereocenters. The van der Waals surface area contributed by atoms with E-state index in [-0.39, 0.29) is 6.61 Å². The van der Waals surface area contributed by atoms with E-state index in [1.807, 2.05) is 32.1 Å². The fourth-order valence-electron chi connectivity index (χ4n) is 0.526. The Bertz CT molecular complexity index is 160. The monoisotopic (exact) mass is 138 g/mol. The van der Waals surface area contributed by atoms with Gasteiger partial charge < -0.3 is 5.11 Å². The summed E-state index contributed by atoms with van der Waals surface area (Å²) in [6, 6.07) is 0. The molecule has 0 saturated carbocycles. The molecule has 0 saturated heterocycles. The van der Waals surface area contributed by atoms with Crippen LogP contribution in [0.25, 0.3) is 0 Å². The van der Waals surface area contributed by atoms with Crippen LogP contribution in [-0.4, -0.2) is 11.7 Å². The van der Waals surface area contributed by atoms with Crippen molar-refractivity contribution < 1.29 is 5.11 Å². The van der Waals surface area contributed by atoms with Crippen molar-refractivity contribution in [3.63, 3.8) is 0 Å². The van der Waals surface area contributed by atoms with Gasteiger partial charge in [-0.15, -0.1) is 5.73 Å². The van der Waals surface area contributed by atoms with Gasteiger partial charge in [0, 0.05) is 6.61 Å². The van der Waals surface area contributed by atoms with Gasteiger partial charge in [-0.25, -0.2) is 0 Å². The van der Waals surface area contributed by atoms with Crippen molar-refractivity contribution in [2.45, 2.75) is 20.3 Å². The summed E-state index contributed by atoms with van der Waals surface area (Å²) in [4.78, 5) is 0. The van der Waals surface area contributed by atoms with Crippen molar-refractivity contribution in [2.75, 3.05) is 6.61 Å². The van der Waals surface area contributed by atoms with Gasteiger partial charge in [-0.2, -0.15) is 0 Å². The van der Waals surface area contributed by atoms with Gasteiger partial charge in [0.1, 0.15) is 0 Å². The normalized spacial score (nSPS) is 9.50. The summed E-state index contributed by atoms with van der Waals surface area (Å²) < 4.78 is 0. The topological polar surface area (TPSA) is 20.2 Å². The summed E-state index contributed by atoms with van der Waals surface area (Å²) >= 11 is 0. The summed E-state index contributed by atoms with van der Waals surface area (Å²) in [6.07, 6.45) is 6.43. The van der Waals surface area contributed by atoms with Crippen LogP contribution in [0.1, 0.15) is 20.3 Å². The molecule has 0 aromatic carbocycles. The van der Waals surface area contributed by atoms with Gasteiger partial charge in [0.2, 0.25) is 0 Å². The molecule has 0 radical (unpaired) electrons. The predicted octanol–water partition coefficient (Wildman–Crippen LogP) is 2.05. The Balaban J connectivity index is 3.87. The van der Waals surface area contributed by atoms with Crippen LogP contribution in [0.4, 0.5) is 0 Å². The lowest BCUT2D eigenvalue weighted by atomic mass is 10.2. The fraction of sp³-hybridized carbons (Fsp3) is 0.444. The molecule has 56 valence electrons. The van der Waals surface area contributed by atoms with Gasteiger partial charge >= 0.3 is 0 Å². The second-order valence-electron chi connectivity index (χ2n) is 2.09. The Morgan fingerprint density at radius 3 is 2.80 bits per heavy atom. The first-order valence-corrected chi connectivity index (χ1v) is 3.45. The molecule has 1 heteroatoms. The van der Waals surface area contributed by atoms with E-state index in [0.29, 0.717) is 6.42 Å². The van der Waals surface area contributed by atoms with E-state index in [9.17, 15) is 0 Å². The molecule has 0 aliphatic heterocycles. The summed E-state index contributed by atoms with van der Waals surface area (Å²) in [5.74, 6) is 0. The first-order valence-electron chi connectivity index (χ1n) is 3.45. The van der Waals surface area contributed by atoms with Crippen LogP contribution in [-0.2, 0) is 0 Å². The molecule has 0 fully saturated rings. The minimum atomic E-state index is 0.211. The first kappa shape index (κ1) is 9.22. The van der Waals surface area contributed by atoms with Gasteiger partial charge in [0.15, 0.2) is 0 Å². The zero-order chi connectivity index (χ0) is 7.82. The quantitative estimate of drug-likeness (QED) is 0.467. The molecule has 0 rings (SSSR count). The third-order valence-corrected chi connectivity index (χ3v) is 1.11. The second-order valence-corrected chi connectivity index (χ2v) is 2.09. The highest BCUT2D eigenvalue weighted by atomic mass is 16.2. The molecule has 0 bridgehead atoms. The molecule has 0 aromatic rings. The van der Waals surface area contributed by atoms with Crippen LogP contribution in [0.3, 0.4) is 0 Å². The maximum Gasteiger partial charge on any atom is 0.0474 e. The third-order valence-electron chi connectivity index (χ3n) is 1.11. The molecule has 0 unspecified atom stereocenters. The van der Waals surface area contributed by atoms with Crippen LogP contribution >= 0.6 is 0 Å². The largest absolute Gasteiger partial charge is 0.396 e. The molecule has 1 N–H and O–H groups in total. The molecule has 0 amide bonds. The lowest BCUT2D eigenvalue weighted by molar-refractivity contribution is 0.299. The van der Waals surface area contributed by atoms with E-state index < -0.39 is 0 Å². The molecule has 0 aromatic heterocycles. The zero-order valence-corrected chi connectivity index (χ0v) is 6.59. The number of hydrogen-bond acceptors (Lipinski definition) is 1. The number of aliphatic hydroxyl groups excluding tert-OH is 1. The van der Waals surface area contributed by atoms with E-state index >= 15 is 0 Å². The Hall–Kier alpha value is -0.780. The Labute approximate surface area is 62.4 Å². The van der Waals surface area contributed by atoms with E-state index in [0.717, 1.165) is 5.57 Å². The minimum Gasteiger partial charge on any atom is -0.396 e. The lowest BCUT2D eigenvalue weighted by Gasteiger charge is -1.88. The maximum atomic E-state index is 8.50. The van der Waals surface area contributed by atoms with E-state index in [2.05, 4.69) is 5.73 Å². The molecule has 0 heterocycles. The summed E-state index contributed by atoms with van der Waals surface area (Å²) in [5.41, 5.74) is 4.11. The van der Waals surface area contributed by atoms with Crippen molar-refractivity contribution >= 4 is 0 Å².